The molecule has 0 aliphatic carbocycles. The van der Waals surface area contributed by atoms with Crippen molar-refractivity contribution in [1.29, 1.82) is 0 Å². The van der Waals surface area contributed by atoms with Gasteiger partial charge in [-0.3, -0.25) is 19.3 Å². The van der Waals surface area contributed by atoms with Crippen LogP contribution in [-0.4, -0.2) is 53.1 Å². The second-order valence-electron chi connectivity index (χ2n) is 6.85. The van der Waals surface area contributed by atoms with E-state index < -0.39 is 11.1 Å². The highest BCUT2D eigenvalue weighted by Crippen LogP contribution is 2.34. The first kappa shape index (κ1) is 21.6. The highest BCUT2D eigenvalue weighted by molar-refractivity contribution is 9.10. The SMILES string of the molecule is C=CCOc1ccc(C=C2SC(=O)N(CC(=O)N3CCCCCC3)C2=O)cc1Br. The molecule has 29 heavy (non-hydrogen) atoms. The molecule has 2 heterocycles. The molecule has 8 heteroatoms. The van der Waals surface area contributed by atoms with Crippen molar-refractivity contribution in [2.45, 2.75) is 25.7 Å². The monoisotopic (exact) mass is 478 g/mol. The first-order valence-electron chi connectivity index (χ1n) is 9.56. The molecule has 0 saturated carbocycles. The summed E-state index contributed by atoms with van der Waals surface area (Å²) < 4.78 is 6.25. The Labute approximate surface area is 183 Å². The fraction of sp³-hybridized carbons (Fsp3) is 0.381. The second-order valence-corrected chi connectivity index (χ2v) is 8.70. The topological polar surface area (TPSA) is 66.9 Å². The second kappa shape index (κ2) is 10.1. The first-order chi connectivity index (χ1) is 14.0. The lowest BCUT2D eigenvalue weighted by Gasteiger charge is -2.22. The summed E-state index contributed by atoms with van der Waals surface area (Å²) in [7, 11) is 0. The van der Waals surface area contributed by atoms with Crippen molar-refractivity contribution >= 4 is 50.8 Å². The van der Waals surface area contributed by atoms with Crippen LogP contribution in [0.15, 0.2) is 40.2 Å². The molecule has 0 N–H and O–H groups in total. The summed E-state index contributed by atoms with van der Waals surface area (Å²) in [4.78, 5) is 40.7. The van der Waals surface area contributed by atoms with E-state index >= 15 is 0 Å². The Balaban J connectivity index is 1.68. The van der Waals surface area contributed by atoms with Crippen LogP contribution in [0, 0.1) is 0 Å². The standard InChI is InChI=1S/C21H23BrN2O4S/c1-2-11-28-17-8-7-15(12-16(17)22)13-18-20(26)24(21(27)29-18)14-19(25)23-9-5-3-4-6-10-23/h2,7-8,12-13H,1,3-6,9-11,14H2. The fourth-order valence-electron chi connectivity index (χ4n) is 3.22. The predicted molar refractivity (Wildman–Crippen MR) is 118 cm³/mol. The largest absolute Gasteiger partial charge is 0.488 e. The van der Waals surface area contributed by atoms with E-state index in [4.69, 9.17) is 4.74 Å². The quantitative estimate of drug-likeness (QED) is 0.446. The van der Waals surface area contributed by atoms with Crippen molar-refractivity contribution in [1.82, 2.24) is 9.80 Å². The summed E-state index contributed by atoms with van der Waals surface area (Å²) in [5, 5.41) is -0.408. The van der Waals surface area contributed by atoms with Gasteiger partial charge in [-0.1, -0.05) is 31.6 Å². The number of imide groups is 1. The van der Waals surface area contributed by atoms with Crippen LogP contribution in [0.3, 0.4) is 0 Å². The molecule has 1 aromatic rings. The highest BCUT2D eigenvalue weighted by Gasteiger charge is 2.37. The molecule has 3 amide bonds. The summed E-state index contributed by atoms with van der Waals surface area (Å²) in [5.41, 5.74) is 0.757. The van der Waals surface area contributed by atoms with E-state index in [0.29, 0.717) is 30.4 Å². The highest BCUT2D eigenvalue weighted by atomic mass is 79.9. The average molecular weight is 479 g/mol. The molecule has 0 aromatic heterocycles. The fourth-order valence-corrected chi connectivity index (χ4v) is 4.56. The predicted octanol–water partition coefficient (Wildman–Crippen LogP) is 4.45. The Morgan fingerprint density at radius 3 is 2.59 bits per heavy atom. The van der Waals surface area contributed by atoms with Crippen molar-refractivity contribution in [2.24, 2.45) is 0 Å². The molecule has 1 aromatic carbocycles. The Hall–Kier alpha value is -2.06. The van der Waals surface area contributed by atoms with Crippen molar-refractivity contribution in [2.75, 3.05) is 26.2 Å². The average Bonchev–Trinajstić information content (AvgIpc) is 2.89. The summed E-state index contributed by atoms with van der Waals surface area (Å²) in [6.45, 7) is 5.20. The van der Waals surface area contributed by atoms with Gasteiger partial charge in [0, 0.05) is 13.1 Å². The summed E-state index contributed by atoms with van der Waals surface area (Å²) in [5.74, 6) is 0.0754. The molecule has 0 bridgehead atoms. The van der Waals surface area contributed by atoms with E-state index in [9.17, 15) is 14.4 Å². The minimum Gasteiger partial charge on any atom is -0.488 e. The van der Waals surface area contributed by atoms with Crippen molar-refractivity contribution in [3.63, 3.8) is 0 Å². The molecule has 0 unspecified atom stereocenters. The normalized spacial score (nSPS) is 18.9. The van der Waals surface area contributed by atoms with Crippen LogP contribution in [-0.2, 0) is 9.59 Å². The van der Waals surface area contributed by atoms with Crippen LogP contribution in [0.5, 0.6) is 5.75 Å². The molecule has 2 aliphatic heterocycles. The van der Waals surface area contributed by atoms with Crippen LogP contribution in [0.25, 0.3) is 6.08 Å². The van der Waals surface area contributed by atoms with Gasteiger partial charge >= 0.3 is 0 Å². The Morgan fingerprint density at radius 2 is 1.93 bits per heavy atom. The molecule has 0 radical (unpaired) electrons. The minimum atomic E-state index is -0.425. The zero-order valence-electron chi connectivity index (χ0n) is 16.1. The zero-order chi connectivity index (χ0) is 20.8. The van der Waals surface area contributed by atoms with Gasteiger partial charge in [0.05, 0.1) is 9.38 Å². The maximum atomic E-state index is 12.7. The summed E-state index contributed by atoms with van der Waals surface area (Å²) >= 11 is 4.30. The molecule has 0 spiro atoms. The molecule has 2 fully saturated rings. The maximum Gasteiger partial charge on any atom is 0.294 e. The van der Waals surface area contributed by atoms with Crippen molar-refractivity contribution in [3.05, 3.63) is 45.8 Å². The van der Waals surface area contributed by atoms with Gasteiger partial charge in [0.15, 0.2) is 0 Å². The zero-order valence-corrected chi connectivity index (χ0v) is 18.5. The number of hydrogen-bond donors (Lipinski definition) is 0. The van der Waals surface area contributed by atoms with Gasteiger partial charge in [0.25, 0.3) is 11.1 Å². The van der Waals surface area contributed by atoms with E-state index in [2.05, 4.69) is 22.5 Å². The van der Waals surface area contributed by atoms with Gasteiger partial charge in [-0.05, 0) is 64.3 Å². The van der Waals surface area contributed by atoms with Crippen LogP contribution < -0.4 is 4.74 Å². The molecular weight excluding hydrogens is 456 g/mol. The minimum absolute atomic E-state index is 0.165. The Bertz CT molecular complexity index is 847. The van der Waals surface area contributed by atoms with Crippen LogP contribution in [0.2, 0.25) is 0 Å². The number of likely N-dealkylation sites (tertiary alicyclic amines) is 1. The van der Waals surface area contributed by atoms with Crippen molar-refractivity contribution in [3.8, 4) is 5.75 Å². The van der Waals surface area contributed by atoms with E-state index in [1.807, 2.05) is 6.07 Å². The lowest BCUT2D eigenvalue weighted by atomic mass is 10.2. The van der Waals surface area contributed by atoms with E-state index in [-0.39, 0.29) is 12.5 Å². The Morgan fingerprint density at radius 1 is 1.21 bits per heavy atom. The number of nitrogens with zero attached hydrogens (tertiary/aromatic N) is 2. The van der Waals surface area contributed by atoms with Gasteiger partial charge in [-0.15, -0.1) is 0 Å². The summed E-state index contributed by atoms with van der Waals surface area (Å²) in [6.07, 6.45) is 7.47. The smallest absolute Gasteiger partial charge is 0.294 e. The molecule has 154 valence electrons. The number of carbonyl (C=O) groups is 3. The third-order valence-electron chi connectivity index (χ3n) is 4.74. The maximum absolute atomic E-state index is 12.7. The molecular formula is C21H23BrN2O4S. The first-order valence-corrected chi connectivity index (χ1v) is 11.2. The van der Waals surface area contributed by atoms with Crippen molar-refractivity contribution < 1.29 is 19.1 Å². The molecule has 3 rings (SSSR count). The van der Waals surface area contributed by atoms with E-state index in [1.165, 1.54) is 0 Å². The van der Waals surface area contributed by atoms with Crippen LogP contribution in [0.4, 0.5) is 4.79 Å². The number of benzene rings is 1. The molecule has 2 aliphatic rings. The molecule has 6 nitrogen and oxygen atoms in total. The molecule has 0 atom stereocenters. The number of amides is 3. The van der Waals surface area contributed by atoms with Gasteiger partial charge in [-0.25, -0.2) is 0 Å². The lowest BCUT2D eigenvalue weighted by molar-refractivity contribution is -0.135. The number of halogens is 1. The van der Waals surface area contributed by atoms with Gasteiger partial charge in [0.2, 0.25) is 5.91 Å². The van der Waals surface area contributed by atoms with Gasteiger partial charge < -0.3 is 9.64 Å². The third-order valence-corrected chi connectivity index (χ3v) is 6.26. The molecule has 2 saturated heterocycles. The number of rotatable bonds is 6. The van der Waals surface area contributed by atoms with Gasteiger partial charge in [-0.2, -0.15) is 0 Å². The number of carbonyl (C=O) groups excluding carboxylic acids is 3. The lowest BCUT2D eigenvalue weighted by Crippen LogP contribution is -2.42. The number of hydrogen-bond acceptors (Lipinski definition) is 5. The van der Waals surface area contributed by atoms with E-state index in [0.717, 1.165) is 52.4 Å². The third kappa shape index (κ3) is 5.51. The number of ether oxygens (including phenoxy) is 1. The van der Waals surface area contributed by atoms with Crippen LogP contribution >= 0.6 is 27.7 Å². The van der Waals surface area contributed by atoms with E-state index in [1.54, 1.807) is 29.2 Å². The summed E-state index contributed by atoms with van der Waals surface area (Å²) in [6, 6.07) is 5.40. The number of thioether (sulfide) groups is 1. The van der Waals surface area contributed by atoms with Crippen LogP contribution in [0.1, 0.15) is 31.2 Å². The Kier molecular flexibility index (Phi) is 7.55. The van der Waals surface area contributed by atoms with Gasteiger partial charge in [0.1, 0.15) is 18.9 Å².